The minimum atomic E-state index is -3.95. The van der Waals surface area contributed by atoms with Crippen LogP contribution in [0.1, 0.15) is 24.2 Å². The number of likely N-dealkylation sites (N-methyl/N-ethyl adjacent to an activating group) is 1. The van der Waals surface area contributed by atoms with E-state index in [9.17, 15) is 23.1 Å². The number of carbonyl (C=O) groups excluding carboxylic acids is 2. The number of nitrogens with zero attached hydrogens (tertiary/aromatic N) is 2. The number of aliphatic hydroxyl groups excluding tert-OH is 1. The number of nitrogens with one attached hydrogen (secondary N) is 2. The van der Waals surface area contributed by atoms with Crippen molar-refractivity contribution in [3.63, 3.8) is 0 Å². The number of aliphatic hydroxyl groups is 1. The average molecular weight is 623 g/mol. The van der Waals surface area contributed by atoms with E-state index in [2.05, 4.69) is 10.0 Å². The fraction of sp³-hybridized carbons (Fsp3) is 0.290. The minimum absolute atomic E-state index is 0.0715. The van der Waals surface area contributed by atoms with Crippen LogP contribution in [0.15, 0.2) is 82.4 Å². The summed E-state index contributed by atoms with van der Waals surface area (Å²) in [7, 11) is -2.29. The van der Waals surface area contributed by atoms with Crippen molar-refractivity contribution in [2.24, 2.45) is 5.92 Å². The van der Waals surface area contributed by atoms with Crippen molar-refractivity contribution in [2.75, 3.05) is 36.8 Å². The van der Waals surface area contributed by atoms with E-state index in [1.165, 1.54) is 17.0 Å². The number of ether oxygens (including phenoxy) is 1. The van der Waals surface area contributed by atoms with Crippen molar-refractivity contribution < 1.29 is 27.9 Å². The van der Waals surface area contributed by atoms with Gasteiger partial charge in [-0.05, 0) is 42.0 Å². The van der Waals surface area contributed by atoms with E-state index in [-0.39, 0.29) is 58.8 Å². The van der Waals surface area contributed by atoms with Gasteiger partial charge in [-0.25, -0.2) is 13.2 Å². The van der Waals surface area contributed by atoms with E-state index in [0.717, 1.165) is 22.1 Å². The molecule has 1 aliphatic heterocycles. The van der Waals surface area contributed by atoms with Crippen LogP contribution in [0.5, 0.6) is 5.75 Å². The highest BCUT2D eigenvalue weighted by Crippen LogP contribution is 2.36. The normalized spacial score (nSPS) is 17.8. The van der Waals surface area contributed by atoms with Gasteiger partial charge in [-0.15, -0.1) is 11.3 Å². The Balaban J connectivity index is 1.46. The summed E-state index contributed by atoms with van der Waals surface area (Å²) in [5, 5.41) is 16.5. The van der Waals surface area contributed by atoms with Crippen LogP contribution in [0.2, 0.25) is 0 Å². The molecule has 0 saturated heterocycles. The number of thiophene rings is 1. The van der Waals surface area contributed by atoms with Crippen molar-refractivity contribution in [3.05, 3.63) is 83.7 Å². The number of anilines is 2. The zero-order valence-corrected chi connectivity index (χ0v) is 25.7. The molecule has 3 N–H and O–H groups in total. The number of hydrogen-bond acceptors (Lipinski definition) is 7. The lowest BCUT2D eigenvalue weighted by molar-refractivity contribution is 0.0373. The van der Waals surface area contributed by atoms with E-state index < -0.39 is 22.2 Å². The summed E-state index contributed by atoms with van der Waals surface area (Å²) in [6, 6.07) is 20.4. The highest BCUT2D eigenvalue weighted by atomic mass is 32.2. The number of sulfonamides is 1. The van der Waals surface area contributed by atoms with Gasteiger partial charge >= 0.3 is 6.03 Å². The maximum absolute atomic E-state index is 13.7. The summed E-state index contributed by atoms with van der Waals surface area (Å²) in [5.41, 5.74) is 0.940. The van der Waals surface area contributed by atoms with Crippen molar-refractivity contribution >= 4 is 55.4 Å². The summed E-state index contributed by atoms with van der Waals surface area (Å²) in [6.07, 6.45) is -0.629. The largest absolute Gasteiger partial charge is 0.485 e. The minimum Gasteiger partial charge on any atom is -0.485 e. The number of carbonyl (C=O) groups is 2. The molecule has 3 amide bonds. The molecule has 1 aliphatic rings. The monoisotopic (exact) mass is 622 g/mol. The molecular weight excluding hydrogens is 588 g/mol. The first-order chi connectivity index (χ1) is 20.6. The first-order valence-electron chi connectivity index (χ1n) is 13.9. The number of rotatable bonds is 8. The van der Waals surface area contributed by atoms with Gasteiger partial charge in [0.25, 0.3) is 15.9 Å². The predicted molar refractivity (Wildman–Crippen MR) is 168 cm³/mol. The Kier molecular flexibility index (Phi) is 8.90. The second-order valence-corrected chi connectivity index (χ2v) is 13.5. The predicted octanol–water partition coefficient (Wildman–Crippen LogP) is 5.09. The Hall–Kier alpha value is -4.13. The number of fused-ring (bicyclic) bond motifs is 2. The second kappa shape index (κ2) is 12.6. The van der Waals surface area contributed by atoms with Gasteiger partial charge in [-0.1, -0.05) is 55.5 Å². The molecule has 10 nitrogen and oxygen atoms in total. The Morgan fingerprint density at radius 3 is 2.56 bits per heavy atom. The molecule has 3 atom stereocenters. The maximum atomic E-state index is 13.7. The molecule has 1 aromatic heterocycles. The van der Waals surface area contributed by atoms with Crippen LogP contribution in [-0.4, -0.2) is 74.2 Å². The molecule has 0 radical (unpaired) electrons. The third kappa shape index (κ3) is 6.46. The summed E-state index contributed by atoms with van der Waals surface area (Å²) in [6.45, 7) is 3.79. The average Bonchev–Trinajstić information content (AvgIpc) is 3.55. The highest BCUT2D eigenvalue weighted by molar-refractivity contribution is 7.94. The molecule has 0 saturated carbocycles. The summed E-state index contributed by atoms with van der Waals surface area (Å²) in [4.78, 5) is 30.1. The Morgan fingerprint density at radius 2 is 1.81 bits per heavy atom. The topological polar surface area (TPSA) is 128 Å². The smallest absolute Gasteiger partial charge is 0.321 e. The van der Waals surface area contributed by atoms with E-state index in [0.29, 0.717) is 5.69 Å². The molecule has 0 unspecified atom stereocenters. The fourth-order valence-corrected chi connectivity index (χ4v) is 7.11. The van der Waals surface area contributed by atoms with Crippen LogP contribution in [0, 0.1) is 5.92 Å². The Bertz CT molecular complexity index is 1720. The quantitative estimate of drug-likeness (QED) is 0.251. The van der Waals surface area contributed by atoms with Crippen LogP contribution in [-0.2, 0) is 10.0 Å². The van der Waals surface area contributed by atoms with Crippen LogP contribution < -0.4 is 14.8 Å². The van der Waals surface area contributed by atoms with E-state index in [4.69, 9.17) is 4.74 Å². The fourth-order valence-electron chi connectivity index (χ4n) is 5.05. The highest BCUT2D eigenvalue weighted by Gasteiger charge is 2.35. The number of urea groups is 1. The zero-order valence-electron chi connectivity index (χ0n) is 24.1. The van der Waals surface area contributed by atoms with Crippen LogP contribution in [0.3, 0.4) is 0 Å². The van der Waals surface area contributed by atoms with Crippen LogP contribution in [0.25, 0.3) is 10.8 Å². The van der Waals surface area contributed by atoms with E-state index >= 15 is 0 Å². The Morgan fingerprint density at radius 1 is 1.09 bits per heavy atom. The molecule has 226 valence electrons. The SMILES string of the molecule is C[C@@H]1CN([C@@H](C)CO)C(=O)c2cccc(NS(=O)(=O)c3cccs3)c2O[C@H]1CN(C)C(=O)Nc1cccc2ccccc12. The lowest BCUT2D eigenvalue weighted by Gasteiger charge is -2.38. The zero-order chi connectivity index (χ0) is 30.7. The first kappa shape index (κ1) is 30.3. The molecular formula is C31H34N4O6S2. The molecule has 3 aromatic carbocycles. The standard InChI is InChI=1S/C31H34N4O6S2/c1-20-17-35(21(2)19-36)30(37)24-12-7-14-26(33-43(39,40)28-15-8-16-42-28)29(24)41-27(20)18-34(3)31(38)32-25-13-6-10-22-9-4-5-11-23(22)25/h4-16,20-21,27,33,36H,17-19H2,1-3H3,(H,32,38)/t20-,21+,27+/m1/s1. The van der Waals surface area contributed by atoms with Crippen molar-refractivity contribution in [1.29, 1.82) is 0 Å². The first-order valence-corrected chi connectivity index (χ1v) is 16.2. The third-order valence-electron chi connectivity index (χ3n) is 7.53. The molecule has 2 heterocycles. The van der Waals surface area contributed by atoms with Gasteiger partial charge in [0.05, 0.1) is 36.1 Å². The number of benzene rings is 3. The maximum Gasteiger partial charge on any atom is 0.321 e. The van der Waals surface area contributed by atoms with Gasteiger partial charge in [0.1, 0.15) is 10.3 Å². The Labute approximate surface area is 254 Å². The lowest BCUT2D eigenvalue weighted by atomic mass is 9.99. The molecule has 12 heteroatoms. The van der Waals surface area contributed by atoms with Gasteiger partial charge in [0, 0.05) is 24.9 Å². The van der Waals surface area contributed by atoms with E-state index in [1.807, 2.05) is 49.4 Å². The molecule has 5 rings (SSSR count). The van der Waals surface area contributed by atoms with Crippen LogP contribution in [0.4, 0.5) is 16.2 Å². The van der Waals surface area contributed by atoms with Gasteiger partial charge in [-0.2, -0.15) is 0 Å². The summed E-state index contributed by atoms with van der Waals surface area (Å²) in [5.74, 6) is -0.607. The molecule has 0 bridgehead atoms. The molecule has 43 heavy (non-hydrogen) atoms. The number of amides is 3. The third-order valence-corrected chi connectivity index (χ3v) is 10.3. The number of hydrogen-bond donors (Lipinski definition) is 3. The lowest BCUT2D eigenvalue weighted by Crippen LogP contribution is -2.50. The summed E-state index contributed by atoms with van der Waals surface area (Å²) < 4.78 is 35.4. The summed E-state index contributed by atoms with van der Waals surface area (Å²) >= 11 is 1.07. The molecule has 4 aromatic rings. The van der Waals surface area contributed by atoms with Crippen molar-refractivity contribution in [3.8, 4) is 5.75 Å². The van der Waals surface area contributed by atoms with Crippen molar-refractivity contribution in [1.82, 2.24) is 9.80 Å². The van der Waals surface area contributed by atoms with Crippen LogP contribution >= 0.6 is 11.3 Å². The van der Waals surface area contributed by atoms with Crippen molar-refractivity contribution in [2.45, 2.75) is 30.2 Å². The van der Waals surface area contributed by atoms with Gasteiger partial charge in [-0.3, -0.25) is 9.52 Å². The van der Waals surface area contributed by atoms with Gasteiger partial charge in [0.2, 0.25) is 0 Å². The van der Waals surface area contributed by atoms with Gasteiger partial charge < -0.3 is 25.0 Å². The van der Waals surface area contributed by atoms with Gasteiger partial charge in [0.15, 0.2) is 5.75 Å². The molecule has 0 fully saturated rings. The molecule has 0 spiro atoms. The second-order valence-electron chi connectivity index (χ2n) is 10.7. The number of para-hydroxylation sites is 1. The van der Waals surface area contributed by atoms with E-state index in [1.54, 1.807) is 42.5 Å². The molecule has 0 aliphatic carbocycles.